The van der Waals surface area contributed by atoms with E-state index in [1.54, 1.807) is 29.8 Å². The number of hydrogen-bond donors (Lipinski definition) is 1. The van der Waals surface area contributed by atoms with Gasteiger partial charge in [-0.3, -0.25) is 14.7 Å². The van der Waals surface area contributed by atoms with Crippen LogP contribution in [-0.4, -0.2) is 35.4 Å². The van der Waals surface area contributed by atoms with E-state index in [2.05, 4.69) is 32.7 Å². The van der Waals surface area contributed by atoms with E-state index in [1.165, 1.54) is 17.7 Å². The minimum Gasteiger partial charge on any atom is -0.354 e. The van der Waals surface area contributed by atoms with Crippen molar-refractivity contribution in [1.82, 2.24) is 15.2 Å². The Hall–Kier alpha value is -1.43. The van der Waals surface area contributed by atoms with Crippen molar-refractivity contribution in [2.75, 3.05) is 19.6 Å². The predicted molar refractivity (Wildman–Crippen MR) is 93.8 cm³/mol. The number of thiophene rings is 1. The fraction of sp³-hybridized carbons (Fsp3) is 0.412. The maximum absolute atomic E-state index is 12.2. The predicted octanol–water partition coefficient (Wildman–Crippen LogP) is 3.29. The number of nitrogens with one attached hydrogen (secondary N) is 1. The molecule has 0 saturated carbocycles. The van der Waals surface area contributed by atoms with Gasteiger partial charge in [-0.15, -0.1) is 11.3 Å². The van der Waals surface area contributed by atoms with Crippen molar-refractivity contribution in [1.29, 1.82) is 0 Å². The van der Waals surface area contributed by atoms with Crippen LogP contribution in [0.15, 0.2) is 36.0 Å². The first kappa shape index (κ1) is 16.4. The lowest BCUT2D eigenvalue weighted by Crippen LogP contribution is -2.37. The van der Waals surface area contributed by atoms with Crippen LogP contribution in [0.2, 0.25) is 5.02 Å². The van der Waals surface area contributed by atoms with Gasteiger partial charge >= 0.3 is 0 Å². The molecule has 0 spiro atoms. The van der Waals surface area contributed by atoms with E-state index >= 15 is 0 Å². The highest BCUT2D eigenvalue weighted by molar-refractivity contribution is 7.10. The Bertz CT molecular complexity index is 641. The molecule has 0 aliphatic carbocycles. The lowest BCUT2D eigenvalue weighted by Gasteiger charge is -2.27. The Balaban J connectivity index is 1.60. The zero-order valence-corrected chi connectivity index (χ0v) is 14.4. The number of aromatic nitrogens is 1. The normalized spacial score (nSPS) is 16.4. The van der Waals surface area contributed by atoms with Crippen molar-refractivity contribution in [2.24, 2.45) is 0 Å². The number of rotatable bonds is 6. The number of hydrogen-bond acceptors (Lipinski definition) is 4. The molecule has 3 heterocycles. The highest BCUT2D eigenvalue weighted by Crippen LogP contribution is 2.27. The monoisotopic (exact) mass is 349 g/mol. The second-order valence-electron chi connectivity index (χ2n) is 5.72. The molecule has 0 bridgehead atoms. The summed E-state index contributed by atoms with van der Waals surface area (Å²) in [7, 11) is 0. The summed E-state index contributed by atoms with van der Waals surface area (Å²) in [6.45, 7) is 2.85. The molecule has 1 unspecified atom stereocenters. The lowest BCUT2D eigenvalue weighted by molar-refractivity contribution is -0.120. The smallest absolute Gasteiger partial charge is 0.224 e. The molecule has 2 aromatic heterocycles. The summed E-state index contributed by atoms with van der Waals surface area (Å²) >= 11 is 7.82. The van der Waals surface area contributed by atoms with Crippen LogP contribution in [-0.2, 0) is 11.2 Å². The average Bonchev–Trinajstić information content (AvgIpc) is 3.23. The van der Waals surface area contributed by atoms with Gasteiger partial charge in [0, 0.05) is 23.8 Å². The Morgan fingerprint density at radius 3 is 2.91 bits per heavy atom. The number of likely N-dealkylation sites (tertiary alicyclic amines) is 1. The summed E-state index contributed by atoms with van der Waals surface area (Å²) in [5, 5.41) is 5.70. The Labute approximate surface area is 145 Å². The molecule has 0 aromatic carbocycles. The summed E-state index contributed by atoms with van der Waals surface area (Å²) in [6.07, 6.45) is 6.00. The lowest BCUT2D eigenvalue weighted by atomic mass is 10.1. The Kier molecular flexibility index (Phi) is 5.65. The summed E-state index contributed by atoms with van der Waals surface area (Å²) in [4.78, 5) is 20.0. The first-order valence-corrected chi connectivity index (χ1v) is 9.12. The van der Waals surface area contributed by atoms with Gasteiger partial charge in [0.05, 0.1) is 17.5 Å². The van der Waals surface area contributed by atoms with Gasteiger partial charge in [-0.25, -0.2) is 0 Å². The third kappa shape index (κ3) is 4.31. The summed E-state index contributed by atoms with van der Waals surface area (Å²) < 4.78 is 0. The fourth-order valence-electron chi connectivity index (χ4n) is 2.94. The SMILES string of the molecule is O=C(Cc1ccncc1Cl)NCC(c1cccs1)N1CCCC1. The van der Waals surface area contributed by atoms with Crippen molar-refractivity contribution >= 4 is 28.8 Å². The van der Waals surface area contributed by atoms with Crippen LogP contribution in [0.4, 0.5) is 0 Å². The van der Waals surface area contributed by atoms with E-state index < -0.39 is 0 Å². The molecule has 6 heteroatoms. The van der Waals surface area contributed by atoms with Gasteiger partial charge in [0.25, 0.3) is 0 Å². The van der Waals surface area contributed by atoms with Crippen LogP contribution in [0.25, 0.3) is 0 Å². The van der Waals surface area contributed by atoms with Crippen LogP contribution >= 0.6 is 22.9 Å². The van der Waals surface area contributed by atoms with Crippen LogP contribution in [0, 0.1) is 0 Å². The summed E-state index contributed by atoms with van der Waals surface area (Å²) in [5.74, 6) is -0.00106. The van der Waals surface area contributed by atoms with E-state index in [4.69, 9.17) is 11.6 Å². The third-order valence-electron chi connectivity index (χ3n) is 4.15. The van der Waals surface area contributed by atoms with Crippen molar-refractivity contribution in [2.45, 2.75) is 25.3 Å². The Morgan fingerprint density at radius 2 is 2.22 bits per heavy atom. The second kappa shape index (κ2) is 7.90. The first-order chi connectivity index (χ1) is 11.2. The average molecular weight is 350 g/mol. The molecule has 1 N–H and O–H groups in total. The number of carbonyl (C=O) groups excluding carboxylic acids is 1. The largest absolute Gasteiger partial charge is 0.354 e. The van der Waals surface area contributed by atoms with Crippen LogP contribution in [0.3, 0.4) is 0 Å². The number of nitrogens with zero attached hydrogens (tertiary/aromatic N) is 2. The zero-order valence-electron chi connectivity index (χ0n) is 12.9. The topological polar surface area (TPSA) is 45.2 Å². The van der Waals surface area contributed by atoms with Gasteiger partial charge in [-0.1, -0.05) is 17.7 Å². The van der Waals surface area contributed by atoms with E-state index in [0.717, 1.165) is 18.7 Å². The van der Waals surface area contributed by atoms with Crippen molar-refractivity contribution in [3.05, 3.63) is 51.4 Å². The molecule has 1 atom stereocenters. The number of halogens is 1. The molecule has 122 valence electrons. The summed E-state index contributed by atoms with van der Waals surface area (Å²) in [6, 6.07) is 6.29. The van der Waals surface area contributed by atoms with Crippen molar-refractivity contribution < 1.29 is 4.79 Å². The minimum absolute atomic E-state index is 0.00106. The maximum Gasteiger partial charge on any atom is 0.224 e. The number of amides is 1. The molecule has 1 aliphatic rings. The van der Waals surface area contributed by atoms with Gasteiger partial charge in [0.2, 0.25) is 5.91 Å². The first-order valence-electron chi connectivity index (χ1n) is 7.86. The second-order valence-corrected chi connectivity index (χ2v) is 7.11. The van der Waals surface area contributed by atoms with Crippen molar-refractivity contribution in [3.8, 4) is 0 Å². The molecule has 3 rings (SSSR count). The molecule has 1 fully saturated rings. The van der Waals surface area contributed by atoms with E-state index in [0.29, 0.717) is 18.0 Å². The molecule has 4 nitrogen and oxygen atoms in total. The van der Waals surface area contributed by atoms with Gasteiger partial charge in [-0.05, 0) is 49.0 Å². The quantitative estimate of drug-likeness (QED) is 0.870. The van der Waals surface area contributed by atoms with Gasteiger partial charge in [-0.2, -0.15) is 0 Å². The van der Waals surface area contributed by atoms with Crippen LogP contribution in [0.1, 0.15) is 29.3 Å². The van der Waals surface area contributed by atoms with E-state index in [-0.39, 0.29) is 11.9 Å². The van der Waals surface area contributed by atoms with Crippen molar-refractivity contribution in [3.63, 3.8) is 0 Å². The molecule has 23 heavy (non-hydrogen) atoms. The Morgan fingerprint density at radius 1 is 1.39 bits per heavy atom. The highest BCUT2D eigenvalue weighted by Gasteiger charge is 2.24. The molecule has 1 saturated heterocycles. The maximum atomic E-state index is 12.2. The molecular weight excluding hydrogens is 330 g/mol. The molecule has 0 radical (unpaired) electrons. The molecule has 1 aliphatic heterocycles. The van der Waals surface area contributed by atoms with E-state index in [1.807, 2.05) is 0 Å². The highest BCUT2D eigenvalue weighted by atomic mass is 35.5. The molecular formula is C17H20ClN3OS. The van der Waals surface area contributed by atoms with Gasteiger partial charge in [0.15, 0.2) is 0 Å². The molecule has 1 amide bonds. The minimum atomic E-state index is -0.00106. The zero-order chi connectivity index (χ0) is 16.1. The number of pyridine rings is 1. The standard InChI is InChI=1S/C17H20ClN3OS/c18-14-11-19-6-5-13(14)10-17(22)20-12-15(16-4-3-9-23-16)21-7-1-2-8-21/h3-6,9,11,15H,1-2,7-8,10,12H2,(H,20,22). The molecule has 2 aromatic rings. The van der Waals surface area contributed by atoms with Gasteiger partial charge in [0.1, 0.15) is 0 Å². The van der Waals surface area contributed by atoms with E-state index in [9.17, 15) is 4.79 Å². The van der Waals surface area contributed by atoms with Crippen LogP contribution < -0.4 is 5.32 Å². The third-order valence-corrected chi connectivity index (χ3v) is 5.47. The van der Waals surface area contributed by atoms with Gasteiger partial charge < -0.3 is 5.32 Å². The van der Waals surface area contributed by atoms with Crippen LogP contribution in [0.5, 0.6) is 0 Å². The summed E-state index contributed by atoms with van der Waals surface area (Å²) in [5.41, 5.74) is 0.813. The number of carbonyl (C=O) groups is 1. The fourth-order valence-corrected chi connectivity index (χ4v) is 3.98.